The SMILES string of the molecule is CC(C)(Sc1cc(C(C)(C)C)c(O)c(C(C)(C)C)c1)Sc1cc(C(C)(C)C)c(OCC(O)C2CO2)c(C(C)(C)C)c1. The van der Waals surface area contributed by atoms with Gasteiger partial charge < -0.3 is 19.7 Å². The molecule has 2 aromatic rings. The Kier molecular flexibility index (Phi) is 9.69. The van der Waals surface area contributed by atoms with Gasteiger partial charge in [0.2, 0.25) is 0 Å². The number of ether oxygens (including phenoxy) is 2. The third-order valence-corrected chi connectivity index (χ3v) is 9.72. The Morgan fingerprint density at radius 3 is 1.37 bits per heavy atom. The van der Waals surface area contributed by atoms with Crippen molar-refractivity contribution in [3.05, 3.63) is 46.5 Å². The highest BCUT2D eigenvalue weighted by Gasteiger charge is 2.35. The number of thioether (sulfide) groups is 2. The molecular formula is C35H54O4S2. The van der Waals surface area contributed by atoms with E-state index in [2.05, 4.69) is 121 Å². The molecule has 0 saturated carbocycles. The van der Waals surface area contributed by atoms with Crippen molar-refractivity contribution in [1.29, 1.82) is 0 Å². The van der Waals surface area contributed by atoms with Crippen LogP contribution < -0.4 is 4.74 Å². The Bertz CT molecular complexity index is 1160. The lowest BCUT2D eigenvalue weighted by Crippen LogP contribution is -2.27. The minimum absolute atomic E-state index is 0.115. The zero-order valence-corrected chi connectivity index (χ0v) is 29.5. The number of rotatable bonds is 8. The number of aliphatic hydroxyl groups is 1. The van der Waals surface area contributed by atoms with E-state index in [-0.39, 0.29) is 38.4 Å². The minimum atomic E-state index is -0.624. The van der Waals surface area contributed by atoms with Gasteiger partial charge in [-0.25, -0.2) is 0 Å². The molecule has 2 N–H and O–H groups in total. The van der Waals surface area contributed by atoms with Gasteiger partial charge in [0.05, 0.1) is 10.7 Å². The van der Waals surface area contributed by atoms with Gasteiger partial charge in [0.1, 0.15) is 30.3 Å². The third-order valence-electron chi connectivity index (χ3n) is 7.29. The maximum Gasteiger partial charge on any atom is 0.126 e. The summed E-state index contributed by atoms with van der Waals surface area (Å²) in [7, 11) is 0. The van der Waals surface area contributed by atoms with Gasteiger partial charge in [0.15, 0.2) is 0 Å². The number of benzene rings is 2. The molecule has 4 nitrogen and oxygen atoms in total. The first-order valence-corrected chi connectivity index (χ1v) is 16.4. The Hall–Kier alpha value is -1.34. The van der Waals surface area contributed by atoms with Crippen molar-refractivity contribution >= 4 is 23.5 Å². The first-order valence-electron chi connectivity index (χ1n) is 14.8. The number of phenolic OH excluding ortho intramolecular Hbond substituents is 1. The molecule has 0 aliphatic carbocycles. The maximum absolute atomic E-state index is 11.2. The monoisotopic (exact) mass is 602 g/mol. The number of hydrogen-bond acceptors (Lipinski definition) is 6. The highest BCUT2D eigenvalue weighted by Crippen LogP contribution is 2.51. The van der Waals surface area contributed by atoms with Crippen LogP contribution in [-0.2, 0) is 26.4 Å². The summed E-state index contributed by atoms with van der Waals surface area (Å²) >= 11 is 3.69. The van der Waals surface area contributed by atoms with Gasteiger partial charge in [-0.3, -0.25) is 0 Å². The number of aliphatic hydroxyl groups excluding tert-OH is 1. The summed E-state index contributed by atoms with van der Waals surface area (Å²) in [6, 6.07) is 8.89. The van der Waals surface area contributed by atoms with E-state index in [4.69, 9.17) is 9.47 Å². The fourth-order valence-corrected chi connectivity index (χ4v) is 7.47. The largest absolute Gasteiger partial charge is 0.507 e. The van der Waals surface area contributed by atoms with Gasteiger partial charge in [0.25, 0.3) is 0 Å². The Balaban J connectivity index is 2.03. The molecule has 0 aromatic heterocycles. The molecule has 3 rings (SSSR count). The van der Waals surface area contributed by atoms with Crippen LogP contribution in [0.3, 0.4) is 0 Å². The lowest BCUT2D eigenvalue weighted by atomic mass is 9.79. The van der Waals surface area contributed by atoms with Gasteiger partial charge in [-0.05, 0) is 59.8 Å². The van der Waals surface area contributed by atoms with Crippen molar-refractivity contribution < 1.29 is 19.7 Å². The smallest absolute Gasteiger partial charge is 0.126 e. The van der Waals surface area contributed by atoms with Crippen molar-refractivity contribution in [2.24, 2.45) is 0 Å². The van der Waals surface area contributed by atoms with Crippen molar-refractivity contribution in [1.82, 2.24) is 0 Å². The van der Waals surface area contributed by atoms with Crippen LogP contribution in [0.25, 0.3) is 0 Å². The molecule has 0 amide bonds. The molecule has 0 spiro atoms. The van der Waals surface area contributed by atoms with Crippen molar-refractivity contribution in [2.45, 2.75) is 145 Å². The van der Waals surface area contributed by atoms with E-state index in [1.807, 2.05) is 23.5 Å². The molecular weight excluding hydrogens is 549 g/mol. The Morgan fingerprint density at radius 1 is 0.707 bits per heavy atom. The minimum Gasteiger partial charge on any atom is -0.507 e. The van der Waals surface area contributed by atoms with E-state index >= 15 is 0 Å². The van der Waals surface area contributed by atoms with Crippen LogP contribution in [0.5, 0.6) is 11.5 Å². The zero-order valence-electron chi connectivity index (χ0n) is 27.9. The first-order chi connectivity index (χ1) is 18.4. The molecule has 6 heteroatoms. The normalized spacial score (nSPS) is 17.5. The summed E-state index contributed by atoms with van der Waals surface area (Å²) in [5, 5.41) is 21.7. The Morgan fingerprint density at radius 2 is 1.05 bits per heavy atom. The first kappa shape index (κ1) is 34.2. The highest BCUT2D eigenvalue weighted by atomic mass is 32.2. The average Bonchev–Trinajstić information content (AvgIpc) is 3.60. The molecule has 1 heterocycles. The summed E-state index contributed by atoms with van der Waals surface area (Å²) in [4.78, 5) is 2.36. The van der Waals surface area contributed by atoms with Gasteiger partial charge in [-0.15, -0.1) is 23.5 Å². The van der Waals surface area contributed by atoms with Crippen molar-refractivity contribution in [2.75, 3.05) is 13.2 Å². The molecule has 0 radical (unpaired) electrons. The van der Waals surface area contributed by atoms with Crippen molar-refractivity contribution in [3.8, 4) is 11.5 Å². The number of hydrogen-bond donors (Lipinski definition) is 2. The number of aromatic hydroxyl groups is 1. The van der Waals surface area contributed by atoms with E-state index < -0.39 is 6.10 Å². The van der Waals surface area contributed by atoms with Crippen LogP contribution in [0.15, 0.2) is 34.1 Å². The molecule has 41 heavy (non-hydrogen) atoms. The summed E-state index contributed by atoms with van der Waals surface area (Å²) in [5.41, 5.74) is 3.62. The predicted molar refractivity (Wildman–Crippen MR) is 176 cm³/mol. The van der Waals surface area contributed by atoms with Crippen molar-refractivity contribution in [3.63, 3.8) is 0 Å². The predicted octanol–water partition coefficient (Wildman–Crippen LogP) is 9.34. The van der Waals surface area contributed by atoms with E-state index in [1.54, 1.807) is 0 Å². The van der Waals surface area contributed by atoms with E-state index in [0.29, 0.717) is 12.4 Å². The van der Waals surface area contributed by atoms with Crippen LogP contribution in [0, 0.1) is 0 Å². The van der Waals surface area contributed by atoms with Crippen LogP contribution in [0.2, 0.25) is 0 Å². The third kappa shape index (κ3) is 8.84. The fraction of sp³-hybridized carbons (Fsp3) is 0.657. The molecule has 2 atom stereocenters. The second-order valence-electron chi connectivity index (χ2n) is 16.1. The number of phenols is 1. The van der Waals surface area contributed by atoms with Crippen LogP contribution in [0.1, 0.15) is 119 Å². The van der Waals surface area contributed by atoms with E-state index in [1.165, 1.54) is 9.79 Å². The summed E-state index contributed by atoms with van der Waals surface area (Å²) in [6.07, 6.45) is -0.738. The van der Waals surface area contributed by atoms with Gasteiger partial charge in [-0.1, -0.05) is 83.1 Å². The molecule has 1 fully saturated rings. The second-order valence-corrected chi connectivity index (χ2v) is 19.7. The molecule has 230 valence electrons. The summed E-state index contributed by atoms with van der Waals surface area (Å²) < 4.78 is 11.5. The lowest BCUT2D eigenvalue weighted by molar-refractivity contribution is 0.0792. The van der Waals surface area contributed by atoms with Crippen LogP contribution in [-0.4, -0.2) is 39.7 Å². The quantitative estimate of drug-likeness (QED) is 0.178. The second kappa shape index (κ2) is 11.6. The van der Waals surface area contributed by atoms with Gasteiger partial charge >= 0.3 is 0 Å². The van der Waals surface area contributed by atoms with Gasteiger partial charge in [0, 0.05) is 32.0 Å². The maximum atomic E-state index is 11.2. The summed E-state index contributed by atoms with van der Waals surface area (Å²) in [6.45, 7) is 31.6. The molecule has 1 aliphatic rings. The molecule has 0 bridgehead atoms. The summed E-state index contributed by atoms with van der Waals surface area (Å²) in [5.74, 6) is 1.29. The molecule has 2 unspecified atom stereocenters. The lowest BCUT2D eigenvalue weighted by Gasteiger charge is -2.33. The van der Waals surface area contributed by atoms with Crippen LogP contribution >= 0.6 is 23.5 Å². The zero-order chi connectivity index (χ0) is 31.3. The van der Waals surface area contributed by atoms with E-state index in [9.17, 15) is 10.2 Å². The Labute approximate surface area is 258 Å². The molecule has 1 aliphatic heterocycles. The van der Waals surface area contributed by atoms with E-state index in [0.717, 1.165) is 28.0 Å². The molecule has 1 saturated heterocycles. The van der Waals surface area contributed by atoms with Crippen LogP contribution in [0.4, 0.5) is 0 Å². The topological polar surface area (TPSA) is 62.2 Å². The average molecular weight is 603 g/mol. The standard InChI is InChI=1S/C35H54O4S2/c1-31(2,3)23-15-21(16-24(29(23)37)32(4,5)6)40-35(13,14)41-22-17-25(33(7,8)9)30(26(18-22)34(10,11)12)39-19-27(36)28-20-38-28/h15-18,27-28,36-37H,19-20H2,1-14H3. The molecule has 2 aromatic carbocycles. The highest BCUT2D eigenvalue weighted by molar-refractivity contribution is 8.18. The fourth-order valence-electron chi connectivity index (χ4n) is 4.88. The van der Waals surface area contributed by atoms with Gasteiger partial charge in [-0.2, -0.15) is 0 Å². The number of epoxide rings is 1.